The lowest BCUT2D eigenvalue weighted by molar-refractivity contribution is 0.0697. The Morgan fingerprint density at radius 2 is 1.91 bits per heavy atom. The van der Waals surface area contributed by atoms with Gasteiger partial charge in [-0.05, 0) is 49.2 Å². The molecule has 5 heteroatoms. The first-order chi connectivity index (χ1) is 10.6. The molecule has 0 bridgehead atoms. The van der Waals surface area contributed by atoms with E-state index in [1.165, 1.54) is 25.0 Å². The van der Waals surface area contributed by atoms with Gasteiger partial charge in [0.1, 0.15) is 11.2 Å². The first kappa shape index (κ1) is 13.4. The normalized spacial score (nSPS) is 14.5. The summed E-state index contributed by atoms with van der Waals surface area (Å²) in [5, 5.41) is 10.5. The van der Waals surface area contributed by atoms with E-state index in [1.54, 1.807) is 23.9 Å². The molecule has 1 aliphatic carbocycles. The van der Waals surface area contributed by atoms with Gasteiger partial charge in [-0.15, -0.1) is 11.8 Å². The van der Waals surface area contributed by atoms with Gasteiger partial charge < -0.3 is 9.52 Å². The van der Waals surface area contributed by atoms with E-state index in [4.69, 9.17) is 9.52 Å². The van der Waals surface area contributed by atoms with E-state index in [2.05, 4.69) is 0 Å². The second-order valence-corrected chi connectivity index (χ2v) is 6.80. The zero-order valence-corrected chi connectivity index (χ0v) is 12.4. The molecule has 0 aliphatic heterocycles. The van der Waals surface area contributed by atoms with Crippen LogP contribution >= 0.6 is 11.8 Å². The van der Waals surface area contributed by atoms with E-state index in [0.29, 0.717) is 27.2 Å². The molecular weight excluding hydrogens is 300 g/mol. The molecule has 4 nitrogen and oxygen atoms in total. The summed E-state index contributed by atoms with van der Waals surface area (Å²) in [6, 6.07) is 9.94. The minimum Gasteiger partial charge on any atom is -0.478 e. The monoisotopic (exact) mass is 312 g/mol. The Labute approximate surface area is 129 Å². The van der Waals surface area contributed by atoms with Crippen molar-refractivity contribution in [2.45, 2.75) is 23.0 Å². The first-order valence-corrected chi connectivity index (χ1v) is 7.90. The number of carbonyl (C=O) groups is 1. The number of rotatable bonds is 3. The summed E-state index contributed by atoms with van der Waals surface area (Å²) in [4.78, 5) is 24.7. The number of thioether (sulfide) groups is 1. The van der Waals surface area contributed by atoms with Gasteiger partial charge in [-0.2, -0.15) is 0 Å². The van der Waals surface area contributed by atoms with Gasteiger partial charge in [-0.3, -0.25) is 4.79 Å². The topological polar surface area (TPSA) is 67.5 Å². The molecule has 1 aliphatic rings. The minimum atomic E-state index is -1.06. The molecular formula is C17H12O4S. The van der Waals surface area contributed by atoms with Crippen molar-refractivity contribution >= 4 is 39.7 Å². The summed E-state index contributed by atoms with van der Waals surface area (Å²) >= 11 is 1.80. The number of carboxylic acid groups (broad SMARTS) is 1. The summed E-state index contributed by atoms with van der Waals surface area (Å²) < 4.78 is 5.80. The number of hydrogen-bond acceptors (Lipinski definition) is 4. The molecule has 1 fully saturated rings. The molecule has 1 N–H and O–H groups in total. The number of hydrogen-bond donors (Lipinski definition) is 1. The van der Waals surface area contributed by atoms with Crippen molar-refractivity contribution in [2.75, 3.05) is 0 Å². The Balaban J connectivity index is 1.93. The maximum atomic E-state index is 12.5. The SMILES string of the molecule is O=C(O)c1ccc2oc3cc(SC4CC4)ccc3c(=O)c2c1. The molecule has 0 atom stereocenters. The van der Waals surface area contributed by atoms with Crippen molar-refractivity contribution in [1.82, 2.24) is 0 Å². The van der Waals surface area contributed by atoms with Crippen LogP contribution in [0.1, 0.15) is 23.2 Å². The fraction of sp³-hybridized carbons (Fsp3) is 0.176. The molecule has 1 aromatic heterocycles. The molecule has 1 saturated carbocycles. The average molecular weight is 312 g/mol. The summed E-state index contributed by atoms with van der Waals surface area (Å²) in [6.45, 7) is 0. The molecule has 2 aromatic carbocycles. The number of benzene rings is 2. The summed E-state index contributed by atoms with van der Waals surface area (Å²) in [7, 11) is 0. The molecule has 0 amide bonds. The van der Waals surface area contributed by atoms with Crippen LogP contribution in [0.5, 0.6) is 0 Å². The van der Waals surface area contributed by atoms with Crippen LogP contribution in [-0.4, -0.2) is 16.3 Å². The number of carboxylic acids is 1. The van der Waals surface area contributed by atoms with Crippen LogP contribution in [0.3, 0.4) is 0 Å². The number of fused-ring (bicyclic) bond motifs is 2. The van der Waals surface area contributed by atoms with Gasteiger partial charge in [0, 0.05) is 10.1 Å². The van der Waals surface area contributed by atoms with E-state index in [9.17, 15) is 9.59 Å². The quantitative estimate of drug-likeness (QED) is 0.743. The van der Waals surface area contributed by atoms with E-state index in [0.717, 1.165) is 4.90 Å². The van der Waals surface area contributed by atoms with Crippen LogP contribution in [0.15, 0.2) is 50.5 Å². The average Bonchev–Trinajstić information content (AvgIpc) is 3.31. The molecule has 110 valence electrons. The van der Waals surface area contributed by atoms with Crippen LogP contribution in [0.25, 0.3) is 21.9 Å². The molecule has 0 unspecified atom stereocenters. The van der Waals surface area contributed by atoms with Crippen molar-refractivity contribution < 1.29 is 14.3 Å². The largest absolute Gasteiger partial charge is 0.478 e. The molecule has 1 heterocycles. The highest BCUT2D eigenvalue weighted by molar-refractivity contribution is 8.00. The van der Waals surface area contributed by atoms with E-state index < -0.39 is 5.97 Å². The van der Waals surface area contributed by atoms with Crippen molar-refractivity contribution in [3.8, 4) is 0 Å². The standard InChI is InChI=1S/C17H12O4S/c18-16-12-5-4-11(22-10-2-3-10)8-15(12)21-14-6-1-9(17(19)20)7-13(14)16/h1,4-8,10H,2-3H2,(H,19,20). The maximum Gasteiger partial charge on any atom is 0.335 e. The first-order valence-electron chi connectivity index (χ1n) is 7.02. The smallest absolute Gasteiger partial charge is 0.335 e. The second kappa shape index (κ2) is 4.88. The third kappa shape index (κ3) is 2.27. The van der Waals surface area contributed by atoms with E-state index in [-0.39, 0.29) is 11.0 Å². The lowest BCUT2D eigenvalue weighted by Crippen LogP contribution is -2.04. The summed E-state index contributed by atoms with van der Waals surface area (Å²) in [5.74, 6) is -1.06. The van der Waals surface area contributed by atoms with Crippen molar-refractivity contribution in [3.05, 3.63) is 52.2 Å². The zero-order valence-electron chi connectivity index (χ0n) is 11.5. The van der Waals surface area contributed by atoms with E-state index in [1.807, 2.05) is 12.1 Å². The van der Waals surface area contributed by atoms with Crippen molar-refractivity contribution in [2.24, 2.45) is 0 Å². The van der Waals surface area contributed by atoms with Gasteiger partial charge >= 0.3 is 5.97 Å². The molecule has 0 spiro atoms. The highest BCUT2D eigenvalue weighted by Crippen LogP contribution is 2.39. The lowest BCUT2D eigenvalue weighted by atomic mass is 10.1. The molecule has 4 rings (SSSR count). The number of aromatic carboxylic acids is 1. The van der Waals surface area contributed by atoms with Crippen LogP contribution in [0.2, 0.25) is 0 Å². The molecule has 0 radical (unpaired) electrons. The highest BCUT2D eigenvalue weighted by atomic mass is 32.2. The second-order valence-electron chi connectivity index (χ2n) is 5.42. The lowest BCUT2D eigenvalue weighted by Gasteiger charge is -2.04. The van der Waals surface area contributed by atoms with Crippen molar-refractivity contribution in [3.63, 3.8) is 0 Å². The van der Waals surface area contributed by atoms with Gasteiger partial charge in [0.25, 0.3) is 0 Å². The Morgan fingerprint density at radius 3 is 2.64 bits per heavy atom. The Bertz CT molecular complexity index is 969. The molecule has 22 heavy (non-hydrogen) atoms. The van der Waals surface area contributed by atoms with Gasteiger partial charge in [-0.1, -0.05) is 0 Å². The van der Waals surface area contributed by atoms with Crippen molar-refractivity contribution in [1.29, 1.82) is 0 Å². The van der Waals surface area contributed by atoms with Gasteiger partial charge in [-0.25, -0.2) is 4.79 Å². The third-order valence-electron chi connectivity index (χ3n) is 3.72. The Morgan fingerprint density at radius 1 is 1.09 bits per heavy atom. The highest BCUT2D eigenvalue weighted by Gasteiger charge is 2.22. The van der Waals surface area contributed by atoms with E-state index >= 15 is 0 Å². The van der Waals surface area contributed by atoms with Crippen LogP contribution in [0, 0.1) is 0 Å². The predicted octanol–water partition coefficient (Wildman–Crippen LogP) is 3.90. The Kier molecular flexibility index (Phi) is 2.97. The molecule has 3 aromatic rings. The maximum absolute atomic E-state index is 12.5. The summed E-state index contributed by atoms with van der Waals surface area (Å²) in [5.41, 5.74) is 0.852. The van der Waals surface area contributed by atoms with Crippen LogP contribution < -0.4 is 5.43 Å². The van der Waals surface area contributed by atoms with Gasteiger partial charge in [0.2, 0.25) is 5.43 Å². The van der Waals surface area contributed by atoms with Gasteiger partial charge in [0.15, 0.2) is 0 Å². The Hall–Kier alpha value is -2.27. The van der Waals surface area contributed by atoms with Gasteiger partial charge in [0.05, 0.1) is 16.3 Å². The third-order valence-corrected chi connectivity index (χ3v) is 5.05. The predicted molar refractivity (Wildman–Crippen MR) is 85.8 cm³/mol. The summed E-state index contributed by atoms with van der Waals surface area (Å²) in [6.07, 6.45) is 2.48. The minimum absolute atomic E-state index is 0.0834. The zero-order chi connectivity index (χ0) is 15.3. The van der Waals surface area contributed by atoms with Crippen LogP contribution in [-0.2, 0) is 0 Å². The van der Waals surface area contributed by atoms with Crippen LogP contribution in [0.4, 0.5) is 0 Å². The fourth-order valence-electron chi connectivity index (χ4n) is 2.42. The molecule has 0 saturated heterocycles. The fourth-order valence-corrected chi connectivity index (χ4v) is 3.50.